The SMILES string of the molecule is O=S(=O)(Nc1nc2c(s1)CCCC2)c1cnn(CCO)c1. The summed E-state index contributed by atoms with van der Waals surface area (Å²) in [5.41, 5.74) is 1.01. The molecule has 2 N–H and O–H groups in total. The average Bonchev–Trinajstić information content (AvgIpc) is 3.04. The van der Waals surface area contributed by atoms with Crippen molar-refractivity contribution in [3.8, 4) is 0 Å². The second kappa shape index (κ2) is 5.74. The molecule has 1 aliphatic rings. The van der Waals surface area contributed by atoms with Crippen LogP contribution < -0.4 is 4.72 Å². The Morgan fingerprint density at radius 1 is 1.38 bits per heavy atom. The summed E-state index contributed by atoms with van der Waals surface area (Å²) in [5.74, 6) is 0. The average molecular weight is 328 g/mol. The van der Waals surface area contributed by atoms with Crippen LogP contribution in [0.3, 0.4) is 0 Å². The van der Waals surface area contributed by atoms with Gasteiger partial charge in [0.25, 0.3) is 10.0 Å². The van der Waals surface area contributed by atoms with Gasteiger partial charge in [-0.25, -0.2) is 13.4 Å². The van der Waals surface area contributed by atoms with Crippen molar-refractivity contribution in [2.24, 2.45) is 0 Å². The lowest BCUT2D eigenvalue weighted by Crippen LogP contribution is -2.12. The zero-order valence-electron chi connectivity index (χ0n) is 11.3. The molecule has 0 saturated carbocycles. The third-order valence-corrected chi connectivity index (χ3v) is 5.81. The molecule has 0 amide bonds. The molecular formula is C12H16N4O3S2. The van der Waals surface area contributed by atoms with E-state index in [1.165, 1.54) is 33.3 Å². The Hall–Kier alpha value is -1.45. The van der Waals surface area contributed by atoms with Crippen LogP contribution in [-0.2, 0) is 29.4 Å². The standard InChI is InChI=1S/C12H16N4O3S2/c17-6-5-16-8-9(7-13-16)21(18,19)15-12-14-10-3-1-2-4-11(10)20-12/h7-8,17H,1-6H2,(H,14,15). The van der Waals surface area contributed by atoms with Gasteiger partial charge in [-0.15, -0.1) is 11.3 Å². The summed E-state index contributed by atoms with van der Waals surface area (Å²) in [6, 6.07) is 0. The van der Waals surface area contributed by atoms with Gasteiger partial charge < -0.3 is 5.11 Å². The van der Waals surface area contributed by atoms with Crippen molar-refractivity contribution < 1.29 is 13.5 Å². The number of anilines is 1. The molecule has 7 nitrogen and oxygen atoms in total. The predicted octanol–water partition coefficient (Wildman–Crippen LogP) is 1.01. The molecule has 0 fully saturated rings. The molecule has 0 aromatic carbocycles. The molecule has 2 aromatic rings. The van der Waals surface area contributed by atoms with E-state index in [1.54, 1.807) is 0 Å². The number of fused-ring (bicyclic) bond motifs is 1. The van der Waals surface area contributed by atoms with Crippen LogP contribution in [0.15, 0.2) is 17.3 Å². The van der Waals surface area contributed by atoms with Crippen LogP contribution >= 0.6 is 11.3 Å². The Bertz CT molecular complexity index is 712. The monoisotopic (exact) mass is 328 g/mol. The fraction of sp³-hybridized carbons (Fsp3) is 0.500. The summed E-state index contributed by atoms with van der Waals surface area (Å²) in [5, 5.41) is 13.1. The molecule has 2 aromatic heterocycles. The van der Waals surface area contributed by atoms with Gasteiger partial charge in [0.1, 0.15) is 4.90 Å². The van der Waals surface area contributed by atoms with Crippen molar-refractivity contribution in [2.75, 3.05) is 11.3 Å². The second-order valence-corrected chi connectivity index (χ2v) is 7.63. The topological polar surface area (TPSA) is 97.1 Å². The number of hydrogen-bond donors (Lipinski definition) is 2. The Labute approximate surface area is 126 Å². The number of sulfonamides is 1. The van der Waals surface area contributed by atoms with Crippen molar-refractivity contribution in [3.05, 3.63) is 23.0 Å². The Morgan fingerprint density at radius 2 is 2.19 bits per heavy atom. The molecule has 114 valence electrons. The summed E-state index contributed by atoms with van der Waals surface area (Å²) >= 11 is 1.41. The maximum absolute atomic E-state index is 12.3. The smallest absolute Gasteiger partial charge is 0.266 e. The summed E-state index contributed by atoms with van der Waals surface area (Å²) in [6.07, 6.45) is 6.80. The second-order valence-electron chi connectivity index (χ2n) is 4.86. The van der Waals surface area contributed by atoms with Gasteiger partial charge in [0.15, 0.2) is 5.13 Å². The summed E-state index contributed by atoms with van der Waals surface area (Å²) < 4.78 is 28.4. The molecule has 0 bridgehead atoms. The highest BCUT2D eigenvalue weighted by atomic mass is 32.2. The normalized spacial score (nSPS) is 14.9. The predicted molar refractivity (Wildman–Crippen MR) is 78.9 cm³/mol. The maximum Gasteiger partial charge on any atom is 0.266 e. The van der Waals surface area contributed by atoms with Crippen LogP contribution in [0, 0.1) is 0 Å². The van der Waals surface area contributed by atoms with E-state index in [-0.39, 0.29) is 18.0 Å². The number of aliphatic hydroxyl groups excluding tert-OH is 1. The van der Waals surface area contributed by atoms with E-state index < -0.39 is 10.0 Å². The minimum atomic E-state index is -3.68. The lowest BCUT2D eigenvalue weighted by Gasteiger charge is -2.06. The molecular weight excluding hydrogens is 312 g/mol. The zero-order valence-corrected chi connectivity index (χ0v) is 13.0. The molecule has 2 heterocycles. The summed E-state index contributed by atoms with van der Waals surface area (Å²) in [4.78, 5) is 5.61. The third kappa shape index (κ3) is 3.09. The van der Waals surface area contributed by atoms with Crippen LogP contribution in [0.1, 0.15) is 23.4 Å². The molecule has 0 saturated heterocycles. The van der Waals surface area contributed by atoms with E-state index >= 15 is 0 Å². The molecule has 1 aliphatic carbocycles. The lowest BCUT2D eigenvalue weighted by atomic mass is 10.0. The molecule has 0 radical (unpaired) electrons. The van der Waals surface area contributed by atoms with Crippen LogP contribution in [0.5, 0.6) is 0 Å². The number of hydrogen-bond acceptors (Lipinski definition) is 6. The van der Waals surface area contributed by atoms with Gasteiger partial charge in [0.2, 0.25) is 0 Å². The fourth-order valence-corrected chi connectivity index (χ4v) is 4.51. The molecule has 0 unspecified atom stereocenters. The molecule has 9 heteroatoms. The van der Waals surface area contributed by atoms with Crippen LogP contribution in [-0.4, -0.2) is 34.9 Å². The van der Waals surface area contributed by atoms with E-state index in [0.717, 1.165) is 31.4 Å². The van der Waals surface area contributed by atoms with E-state index in [4.69, 9.17) is 5.11 Å². The maximum atomic E-state index is 12.3. The van der Waals surface area contributed by atoms with Gasteiger partial charge in [0.05, 0.1) is 25.0 Å². The van der Waals surface area contributed by atoms with Gasteiger partial charge in [-0.3, -0.25) is 9.40 Å². The Morgan fingerprint density at radius 3 is 2.95 bits per heavy atom. The molecule has 21 heavy (non-hydrogen) atoms. The number of aliphatic hydroxyl groups is 1. The third-order valence-electron chi connectivity index (χ3n) is 3.32. The first-order chi connectivity index (χ1) is 10.1. The number of thiazole rings is 1. The summed E-state index contributed by atoms with van der Waals surface area (Å²) in [6.45, 7) is 0.175. The van der Waals surface area contributed by atoms with Crippen LogP contribution in [0.2, 0.25) is 0 Å². The number of rotatable bonds is 5. The zero-order chi connectivity index (χ0) is 14.9. The molecule has 0 aliphatic heterocycles. The number of aryl methyl sites for hydroxylation is 2. The quantitative estimate of drug-likeness (QED) is 0.854. The van der Waals surface area contributed by atoms with Crippen molar-refractivity contribution in [1.29, 1.82) is 0 Å². The van der Waals surface area contributed by atoms with Crippen LogP contribution in [0.25, 0.3) is 0 Å². The van der Waals surface area contributed by atoms with Gasteiger partial charge in [-0.2, -0.15) is 5.10 Å². The van der Waals surface area contributed by atoms with E-state index in [9.17, 15) is 8.42 Å². The van der Waals surface area contributed by atoms with Crippen LogP contribution in [0.4, 0.5) is 5.13 Å². The highest BCUT2D eigenvalue weighted by Gasteiger charge is 2.21. The van der Waals surface area contributed by atoms with Crippen molar-refractivity contribution in [2.45, 2.75) is 37.1 Å². The Kier molecular flexibility index (Phi) is 3.96. The first-order valence-electron chi connectivity index (χ1n) is 6.73. The fourth-order valence-electron chi connectivity index (χ4n) is 2.28. The van der Waals surface area contributed by atoms with Crippen molar-refractivity contribution in [1.82, 2.24) is 14.8 Å². The minimum Gasteiger partial charge on any atom is -0.394 e. The van der Waals surface area contributed by atoms with E-state index in [1.807, 2.05) is 0 Å². The molecule has 0 atom stereocenters. The largest absolute Gasteiger partial charge is 0.394 e. The lowest BCUT2D eigenvalue weighted by molar-refractivity contribution is 0.269. The van der Waals surface area contributed by atoms with Gasteiger partial charge in [-0.05, 0) is 25.7 Å². The summed E-state index contributed by atoms with van der Waals surface area (Å²) in [7, 11) is -3.68. The number of nitrogens with zero attached hydrogens (tertiary/aromatic N) is 3. The Balaban J connectivity index is 1.80. The molecule has 0 spiro atoms. The van der Waals surface area contributed by atoms with Gasteiger partial charge >= 0.3 is 0 Å². The van der Waals surface area contributed by atoms with Crippen molar-refractivity contribution >= 4 is 26.5 Å². The van der Waals surface area contributed by atoms with E-state index in [2.05, 4.69) is 14.8 Å². The van der Waals surface area contributed by atoms with Crippen molar-refractivity contribution in [3.63, 3.8) is 0 Å². The number of nitrogens with one attached hydrogen (secondary N) is 1. The van der Waals surface area contributed by atoms with Gasteiger partial charge in [0, 0.05) is 11.1 Å². The first-order valence-corrected chi connectivity index (χ1v) is 9.03. The van der Waals surface area contributed by atoms with E-state index in [0.29, 0.717) is 5.13 Å². The highest BCUT2D eigenvalue weighted by molar-refractivity contribution is 7.93. The van der Waals surface area contributed by atoms with Gasteiger partial charge in [-0.1, -0.05) is 0 Å². The highest BCUT2D eigenvalue weighted by Crippen LogP contribution is 2.30. The minimum absolute atomic E-state index is 0.0733. The number of aromatic nitrogens is 3. The first kappa shape index (κ1) is 14.5. The molecule has 3 rings (SSSR count).